The van der Waals surface area contributed by atoms with Gasteiger partial charge in [0.2, 0.25) is 5.91 Å². The minimum atomic E-state index is 0.00336. The lowest BCUT2D eigenvalue weighted by atomic mass is 10.1. The maximum Gasteiger partial charge on any atom is 0.239 e. The van der Waals surface area contributed by atoms with E-state index in [9.17, 15) is 4.79 Å². The first-order valence-corrected chi connectivity index (χ1v) is 11.7. The monoisotopic (exact) mass is 426 g/mol. The van der Waals surface area contributed by atoms with Gasteiger partial charge in [0.15, 0.2) is 0 Å². The number of benzene rings is 1. The molecule has 1 saturated heterocycles. The number of nitrogens with one attached hydrogen (secondary N) is 1. The predicted octanol–water partition coefficient (Wildman–Crippen LogP) is 4.92. The number of anilines is 1. The van der Waals surface area contributed by atoms with Gasteiger partial charge in [-0.05, 0) is 62.6 Å². The molecule has 0 bridgehead atoms. The molecule has 1 aromatic carbocycles. The maximum atomic E-state index is 12.5. The lowest BCUT2D eigenvalue weighted by Crippen LogP contribution is -2.50. The van der Waals surface area contributed by atoms with Crippen LogP contribution in [0, 0.1) is 0 Å². The fourth-order valence-electron chi connectivity index (χ4n) is 3.72. The molecule has 2 heterocycles. The molecule has 0 spiro atoms. The molecule has 1 amide bonds. The summed E-state index contributed by atoms with van der Waals surface area (Å²) < 4.78 is 0. The molecule has 0 aliphatic carbocycles. The molecule has 3 rings (SSSR count). The Balaban J connectivity index is 1.62. The van der Waals surface area contributed by atoms with E-state index in [1.165, 1.54) is 10.5 Å². The highest BCUT2D eigenvalue weighted by molar-refractivity contribution is 8.03. The molecule has 6 heteroatoms. The fraction of sp³-hybridized carbons (Fsp3) is 0.500. The highest BCUT2D eigenvalue weighted by Gasteiger charge is 2.20. The third-order valence-corrected chi connectivity index (χ3v) is 6.99. The van der Waals surface area contributed by atoms with E-state index in [1.807, 2.05) is 24.0 Å². The van der Waals surface area contributed by atoms with Crippen LogP contribution in [0.3, 0.4) is 0 Å². The van der Waals surface area contributed by atoms with Gasteiger partial charge in [0.05, 0.1) is 6.54 Å². The van der Waals surface area contributed by atoms with Crippen LogP contribution >= 0.6 is 11.8 Å². The second-order valence-corrected chi connectivity index (χ2v) is 9.88. The third-order valence-electron chi connectivity index (χ3n) is 5.76. The first kappa shape index (κ1) is 22.8. The molecule has 1 aliphatic heterocycles. The van der Waals surface area contributed by atoms with Crippen LogP contribution in [0.15, 0.2) is 41.4 Å². The molecule has 5 nitrogen and oxygen atoms in total. The second-order valence-electron chi connectivity index (χ2n) is 8.29. The maximum absolute atomic E-state index is 12.5. The molecule has 1 N–H and O–H groups in total. The first-order chi connectivity index (χ1) is 14.4. The second kappa shape index (κ2) is 10.4. The van der Waals surface area contributed by atoms with E-state index in [4.69, 9.17) is 0 Å². The van der Waals surface area contributed by atoms with E-state index >= 15 is 0 Å². The number of fused-ring (bicyclic) bond motifs is 1. The summed E-state index contributed by atoms with van der Waals surface area (Å²) in [6.07, 6.45) is 3.98. The zero-order chi connectivity index (χ0) is 21.7. The molecule has 1 unspecified atom stereocenters. The van der Waals surface area contributed by atoms with Crippen LogP contribution < -0.4 is 5.32 Å². The third kappa shape index (κ3) is 6.06. The average molecular weight is 427 g/mol. The number of allylic oxidation sites excluding steroid dienone is 2. The highest BCUT2D eigenvalue weighted by Crippen LogP contribution is 2.35. The number of piperazine rings is 1. The summed E-state index contributed by atoms with van der Waals surface area (Å²) in [5.41, 5.74) is 1.28. The van der Waals surface area contributed by atoms with Gasteiger partial charge in [0.25, 0.3) is 0 Å². The number of aromatic nitrogens is 1. The Morgan fingerprint density at radius 3 is 2.57 bits per heavy atom. The molecule has 2 aromatic rings. The van der Waals surface area contributed by atoms with Crippen LogP contribution in [0.5, 0.6) is 0 Å². The van der Waals surface area contributed by atoms with Crippen molar-refractivity contribution >= 4 is 34.3 Å². The molecule has 0 saturated carbocycles. The van der Waals surface area contributed by atoms with Crippen molar-refractivity contribution in [3.05, 3.63) is 47.0 Å². The quantitative estimate of drug-likeness (QED) is 0.681. The van der Waals surface area contributed by atoms with Crippen molar-refractivity contribution < 1.29 is 4.79 Å². The van der Waals surface area contributed by atoms with E-state index in [-0.39, 0.29) is 5.91 Å². The Labute approximate surface area is 184 Å². The van der Waals surface area contributed by atoms with E-state index < -0.39 is 0 Å². The van der Waals surface area contributed by atoms with Crippen molar-refractivity contribution in [2.45, 2.75) is 45.9 Å². The highest BCUT2D eigenvalue weighted by atomic mass is 32.2. The van der Waals surface area contributed by atoms with Crippen molar-refractivity contribution in [1.82, 2.24) is 14.8 Å². The Hall–Kier alpha value is -1.89. The molecular weight excluding hydrogens is 392 g/mol. The number of carbonyl (C=O) groups is 1. The summed E-state index contributed by atoms with van der Waals surface area (Å²) in [5, 5.41) is 5.55. The molecule has 1 fully saturated rings. The Bertz CT molecular complexity index is 903. The molecular formula is C24H34N4OS. The first-order valence-electron chi connectivity index (χ1n) is 10.8. The van der Waals surface area contributed by atoms with Gasteiger partial charge in [-0.15, -0.1) is 11.8 Å². The molecule has 162 valence electrons. The van der Waals surface area contributed by atoms with Crippen molar-refractivity contribution in [2.75, 3.05) is 38.0 Å². The number of nitrogens with zero attached hydrogens (tertiary/aromatic N) is 3. The standard InChI is InChI=1S/C24H34N4OS/c1-6-18(4)30-19(5)20-7-8-21-15-25-23(14-22(21)13-20)26-24(29)16-27-9-11-28(12-10-27)17(2)3/h6-8,13-15,17,19H,9-12,16H2,1-5H3,(H,25,26,29)/b18-6-. The van der Waals surface area contributed by atoms with Crippen molar-refractivity contribution in [3.8, 4) is 0 Å². The van der Waals surface area contributed by atoms with Crippen LogP contribution in [0.2, 0.25) is 0 Å². The van der Waals surface area contributed by atoms with Crippen LogP contribution in [0.1, 0.15) is 45.4 Å². The summed E-state index contributed by atoms with van der Waals surface area (Å²) in [7, 11) is 0. The van der Waals surface area contributed by atoms with Gasteiger partial charge in [-0.1, -0.05) is 18.2 Å². The smallest absolute Gasteiger partial charge is 0.239 e. The van der Waals surface area contributed by atoms with Gasteiger partial charge in [-0.3, -0.25) is 14.6 Å². The van der Waals surface area contributed by atoms with Crippen LogP contribution in [-0.2, 0) is 4.79 Å². The van der Waals surface area contributed by atoms with E-state index in [0.29, 0.717) is 23.7 Å². The van der Waals surface area contributed by atoms with Gasteiger partial charge < -0.3 is 5.32 Å². The van der Waals surface area contributed by atoms with Crippen molar-refractivity contribution in [1.29, 1.82) is 0 Å². The lowest BCUT2D eigenvalue weighted by molar-refractivity contribution is -0.117. The number of carbonyl (C=O) groups excluding carboxylic acids is 1. The van der Waals surface area contributed by atoms with Gasteiger partial charge in [-0.25, -0.2) is 4.98 Å². The van der Waals surface area contributed by atoms with Crippen molar-refractivity contribution in [2.24, 2.45) is 0 Å². The zero-order valence-electron chi connectivity index (χ0n) is 18.8. The average Bonchev–Trinajstić information content (AvgIpc) is 2.73. The number of thioether (sulfide) groups is 1. The Morgan fingerprint density at radius 2 is 1.90 bits per heavy atom. The summed E-state index contributed by atoms with van der Waals surface area (Å²) in [4.78, 5) is 23.0. The Kier molecular flexibility index (Phi) is 7.92. The molecule has 30 heavy (non-hydrogen) atoms. The van der Waals surface area contributed by atoms with Crippen LogP contribution in [-0.4, -0.2) is 59.5 Å². The summed E-state index contributed by atoms with van der Waals surface area (Å²) in [5.74, 6) is 0.624. The number of rotatable bonds is 7. The summed E-state index contributed by atoms with van der Waals surface area (Å²) in [6, 6.07) is 9.03. The zero-order valence-corrected chi connectivity index (χ0v) is 19.6. The minimum Gasteiger partial charge on any atom is -0.310 e. The van der Waals surface area contributed by atoms with Gasteiger partial charge in [0.1, 0.15) is 5.82 Å². The Morgan fingerprint density at radius 1 is 1.17 bits per heavy atom. The van der Waals surface area contributed by atoms with Crippen molar-refractivity contribution in [3.63, 3.8) is 0 Å². The topological polar surface area (TPSA) is 48.5 Å². The van der Waals surface area contributed by atoms with E-state index in [0.717, 1.165) is 37.0 Å². The fourth-order valence-corrected chi connectivity index (χ4v) is 4.70. The van der Waals surface area contributed by atoms with E-state index in [1.54, 1.807) is 0 Å². The molecule has 1 aliphatic rings. The van der Waals surface area contributed by atoms with Crippen LogP contribution in [0.25, 0.3) is 10.8 Å². The van der Waals surface area contributed by atoms with E-state index in [2.05, 4.69) is 79.0 Å². The minimum absolute atomic E-state index is 0.00336. The number of pyridine rings is 1. The van der Waals surface area contributed by atoms with Gasteiger partial charge in [0, 0.05) is 49.1 Å². The summed E-state index contributed by atoms with van der Waals surface area (Å²) >= 11 is 1.86. The molecule has 1 atom stereocenters. The van der Waals surface area contributed by atoms with Gasteiger partial charge >= 0.3 is 0 Å². The number of amides is 1. The summed E-state index contributed by atoms with van der Waals surface area (Å²) in [6.45, 7) is 15.2. The molecule has 0 radical (unpaired) electrons. The SMILES string of the molecule is C/C=C(/C)SC(C)c1ccc2cnc(NC(=O)CN3CCN(C(C)C)CC3)cc2c1. The van der Waals surface area contributed by atoms with Gasteiger partial charge in [-0.2, -0.15) is 0 Å². The predicted molar refractivity (Wildman–Crippen MR) is 129 cm³/mol. The number of hydrogen-bond acceptors (Lipinski definition) is 5. The molecule has 1 aromatic heterocycles. The normalized spacial score (nSPS) is 17.5. The lowest BCUT2D eigenvalue weighted by Gasteiger charge is -2.36. The van der Waals surface area contributed by atoms with Crippen LogP contribution in [0.4, 0.5) is 5.82 Å². The number of hydrogen-bond donors (Lipinski definition) is 1. The largest absolute Gasteiger partial charge is 0.310 e.